The molecule has 0 heterocycles. The van der Waals surface area contributed by atoms with Crippen molar-refractivity contribution in [1.29, 1.82) is 0 Å². The highest BCUT2D eigenvalue weighted by molar-refractivity contribution is 9.10. The molecule has 2 nitrogen and oxygen atoms in total. The molecule has 0 aliphatic carbocycles. The molecule has 20 heavy (non-hydrogen) atoms. The lowest BCUT2D eigenvalue weighted by Crippen LogP contribution is -2.15. The lowest BCUT2D eigenvalue weighted by molar-refractivity contribution is 0.102. The molecule has 5 heteroatoms. The van der Waals surface area contributed by atoms with Gasteiger partial charge in [0.25, 0.3) is 5.91 Å². The van der Waals surface area contributed by atoms with E-state index in [0.717, 1.165) is 15.6 Å². The normalized spacial score (nSPS) is 10.4. The third-order valence-corrected chi connectivity index (χ3v) is 3.86. The van der Waals surface area contributed by atoms with Crippen molar-refractivity contribution in [3.63, 3.8) is 0 Å². The molecule has 2 rings (SSSR count). The Morgan fingerprint density at radius 3 is 2.25 bits per heavy atom. The third-order valence-electron chi connectivity index (χ3n) is 2.91. The van der Waals surface area contributed by atoms with Gasteiger partial charge in [0.15, 0.2) is 0 Å². The fourth-order valence-electron chi connectivity index (χ4n) is 1.96. The van der Waals surface area contributed by atoms with E-state index in [2.05, 4.69) is 37.2 Å². The topological polar surface area (TPSA) is 29.1 Å². The number of carbonyl (C=O) groups is 1. The van der Waals surface area contributed by atoms with Gasteiger partial charge in [0, 0.05) is 14.6 Å². The summed E-state index contributed by atoms with van der Waals surface area (Å²) >= 11 is 6.64. The Kier molecular flexibility index (Phi) is 4.60. The molecule has 0 radical (unpaired) electrons. The van der Waals surface area contributed by atoms with Crippen LogP contribution in [0, 0.1) is 19.7 Å². The van der Waals surface area contributed by atoms with E-state index >= 15 is 0 Å². The average Bonchev–Trinajstić information content (AvgIpc) is 2.36. The zero-order chi connectivity index (χ0) is 14.9. The van der Waals surface area contributed by atoms with E-state index in [-0.39, 0.29) is 5.56 Å². The maximum Gasteiger partial charge on any atom is 0.258 e. The average molecular weight is 401 g/mol. The van der Waals surface area contributed by atoms with Gasteiger partial charge >= 0.3 is 0 Å². The van der Waals surface area contributed by atoms with Gasteiger partial charge in [-0.2, -0.15) is 0 Å². The molecule has 0 aromatic heterocycles. The Bertz CT molecular complexity index is 663. The van der Waals surface area contributed by atoms with Gasteiger partial charge in [0.2, 0.25) is 0 Å². The van der Waals surface area contributed by atoms with Gasteiger partial charge in [-0.25, -0.2) is 4.39 Å². The van der Waals surface area contributed by atoms with Crippen molar-refractivity contribution in [1.82, 2.24) is 0 Å². The molecule has 0 aliphatic rings. The van der Waals surface area contributed by atoms with Gasteiger partial charge in [0.1, 0.15) is 5.82 Å². The van der Waals surface area contributed by atoms with Crippen LogP contribution in [0.4, 0.5) is 10.1 Å². The smallest absolute Gasteiger partial charge is 0.258 e. The summed E-state index contributed by atoms with van der Waals surface area (Å²) in [6.07, 6.45) is 0. The second-order valence-corrected chi connectivity index (χ2v) is 6.32. The first-order chi connectivity index (χ1) is 9.38. The van der Waals surface area contributed by atoms with Crippen molar-refractivity contribution in [2.24, 2.45) is 0 Å². The molecule has 1 N–H and O–H groups in total. The first-order valence-corrected chi connectivity index (χ1v) is 7.50. The van der Waals surface area contributed by atoms with Crippen LogP contribution in [0.15, 0.2) is 39.3 Å². The van der Waals surface area contributed by atoms with Crippen LogP contribution in [0.2, 0.25) is 0 Å². The van der Waals surface area contributed by atoms with Gasteiger partial charge in [-0.05, 0) is 55.3 Å². The number of hydrogen-bond acceptors (Lipinski definition) is 1. The van der Waals surface area contributed by atoms with Crippen LogP contribution >= 0.6 is 31.9 Å². The molecule has 2 aromatic rings. The highest BCUT2D eigenvalue weighted by Gasteiger charge is 2.14. The highest BCUT2D eigenvalue weighted by atomic mass is 79.9. The second-order valence-electron chi connectivity index (χ2n) is 4.49. The van der Waals surface area contributed by atoms with Gasteiger partial charge < -0.3 is 5.32 Å². The zero-order valence-corrected chi connectivity index (χ0v) is 14.1. The molecule has 2 aromatic carbocycles. The SMILES string of the molecule is Cc1cc(Br)cc(C)c1NC(=O)c1cc(Br)ccc1F. The Balaban J connectivity index is 2.35. The van der Waals surface area contributed by atoms with Gasteiger partial charge in [-0.15, -0.1) is 0 Å². The molecule has 0 saturated carbocycles. The molecule has 0 aliphatic heterocycles. The maximum atomic E-state index is 13.7. The summed E-state index contributed by atoms with van der Waals surface area (Å²) < 4.78 is 15.3. The van der Waals surface area contributed by atoms with Crippen molar-refractivity contribution in [3.8, 4) is 0 Å². The number of aryl methyl sites for hydroxylation is 2. The maximum absolute atomic E-state index is 13.7. The first kappa shape index (κ1) is 15.2. The third kappa shape index (κ3) is 3.27. The summed E-state index contributed by atoms with van der Waals surface area (Å²) in [6, 6.07) is 8.09. The number of benzene rings is 2. The summed E-state index contributed by atoms with van der Waals surface area (Å²) in [6.45, 7) is 3.79. The van der Waals surface area contributed by atoms with E-state index in [4.69, 9.17) is 0 Å². The number of nitrogens with one attached hydrogen (secondary N) is 1. The molecule has 0 spiro atoms. The molecular weight excluding hydrogens is 389 g/mol. The van der Waals surface area contributed by atoms with Crippen LogP contribution in [0.5, 0.6) is 0 Å². The lowest BCUT2D eigenvalue weighted by atomic mass is 10.1. The van der Waals surface area contributed by atoms with E-state index in [0.29, 0.717) is 10.2 Å². The first-order valence-electron chi connectivity index (χ1n) is 5.91. The summed E-state index contributed by atoms with van der Waals surface area (Å²) in [5.74, 6) is -1.00. The van der Waals surface area contributed by atoms with E-state index in [1.54, 1.807) is 6.07 Å². The number of halogens is 3. The van der Waals surface area contributed by atoms with Crippen molar-refractivity contribution in [3.05, 3.63) is 61.8 Å². The lowest BCUT2D eigenvalue weighted by Gasteiger charge is -2.13. The Labute approximate surface area is 133 Å². The monoisotopic (exact) mass is 399 g/mol. The number of amides is 1. The van der Waals surface area contributed by atoms with E-state index in [1.165, 1.54) is 12.1 Å². The van der Waals surface area contributed by atoms with Gasteiger partial charge in [-0.3, -0.25) is 4.79 Å². The van der Waals surface area contributed by atoms with Crippen LogP contribution in [0.3, 0.4) is 0 Å². The molecule has 0 unspecified atom stereocenters. The summed E-state index contributed by atoms with van der Waals surface area (Å²) in [5.41, 5.74) is 2.56. The van der Waals surface area contributed by atoms with Crippen molar-refractivity contribution in [2.75, 3.05) is 5.32 Å². The van der Waals surface area contributed by atoms with Crippen molar-refractivity contribution in [2.45, 2.75) is 13.8 Å². The van der Waals surface area contributed by atoms with Crippen molar-refractivity contribution >= 4 is 43.5 Å². The second kappa shape index (κ2) is 6.06. The summed E-state index contributed by atoms with van der Waals surface area (Å²) in [4.78, 5) is 12.2. The van der Waals surface area contributed by atoms with Crippen LogP contribution in [-0.4, -0.2) is 5.91 Å². The quantitative estimate of drug-likeness (QED) is 0.735. The number of carbonyl (C=O) groups excluding carboxylic acids is 1. The molecular formula is C15H12Br2FNO. The molecule has 104 valence electrons. The summed E-state index contributed by atoms with van der Waals surface area (Å²) in [5, 5.41) is 2.77. The molecule has 0 atom stereocenters. The van der Waals surface area contributed by atoms with Crippen LogP contribution in [0.25, 0.3) is 0 Å². The minimum absolute atomic E-state index is 0.0149. The number of anilines is 1. The molecule has 0 saturated heterocycles. The standard InChI is InChI=1S/C15H12Br2FNO/c1-8-5-11(17)6-9(2)14(8)19-15(20)12-7-10(16)3-4-13(12)18/h3-7H,1-2H3,(H,19,20). The fourth-order valence-corrected chi connectivity index (χ4v) is 3.01. The predicted molar refractivity (Wildman–Crippen MR) is 85.7 cm³/mol. The Morgan fingerprint density at radius 1 is 1.05 bits per heavy atom. The predicted octanol–water partition coefficient (Wildman–Crippen LogP) is 5.22. The largest absolute Gasteiger partial charge is 0.321 e. The van der Waals surface area contributed by atoms with E-state index in [1.807, 2.05) is 26.0 Å². The van der Waals surface area contributed by atoms with E-state index in [9.17, 15) is 9.18 Å². The minimum atomic E-state index is -0.543. The minimum Gasteiger partial charge on any atom is -0.321 e. The van der Waals surface area contributed by atoms with Crippen LogP contribution in [0.1, 0.15) is 21.5 Å². The molecule has 0 fully saturated rings. The van der Waals surface area contributed by atoms with Crippen LogP contribution in [-0.2, 0) is 0 Å². The molecule has 1 amide bonds. The Hall–Kier alpha value is -1.20. The zero-order valence-electron chi connectivity index (χ0n) is 10.9. The number of rotatable bonds is 2. The fraction of sp³-hybridized carbons (Fsp3) is 0.133. The van der Waals surface area contributed by atoms with Gasteiger partial charge in [0.05, 0.1) is 5.56 Å². The van der Waals surface area contributed by atoms with Crippen LogP contribution < -0.4 is 5.32 Å². The van der Waals surface area contributed by atoms with Crippen molar-refractivity contribution < 1.29 is 9.18 Å². The van der Waals surface area contributed by atoms with E-state index < -0.39 is 11.7 Å². The van der Waals surface area contributed by atoms with Gasteiger partial charge in [-0.1, -0.05) is 31.9 Å². The highest BCUT2D eigenvalue weighted by Crippen LogP contribution is 2.26. The summed E-state index contributed by atoms with van der Waals surface area (Å²) in [7, 11) is 0. The molecule has 0 bridgehead atoms. The Morgan fingerprint density at radius 2 is 1.65 bits per heavy atom. The number of hydrogen-bond donors (Lipinski definition) is 1.